The first-order chi connectivity index (χ1) is 13.3. The summed E-state index contributed by atoms with van der Waals surface area (Å²) in [5.74, 6) is 1.30. The normalized spacial score (nSPS) is 16.9. The van der Waals surface area contributed by atoms with Crippen LogP contribution in [0.4, 0.5) is 11.4 Å². The van der Waals surface area contributed by atoms with Gasteiger partial charge in [0.25, 0.3) is 0 Å². The number of methoxy groups -OCH3 is 1. The van der Waals surface area contributed by atoms with E-state index >= 15 is 0 Å². The fourth-order valence-corrected chi connectivity index (χ4v) is 4.29. The standard InChI is InChI=1S/C22H26N2O3S/c1-22(2,3)13-19(25)23-16-7-5-15(6-8-16)21-24(20(26)14-28-21)17-9-11-18(27-4)12-10-17/h5-12,21H,13-14H2,1-4H3,(H,23,25). The number of nitrogens with one attached hydrogen (secondary N) is 1. The monoisotopic (exact) mass is 398 g/mol. The van der Waals surface area contributed by atoms with Gasteiger partial charge in [-0.25, -0.2) is 0 Å². The van der Waals surface area contributed by atoms with Crippen molar-refractivity contribution in [3.63, 3.8) is 0 Å². The molecule has 0 aromatic heterocycles. The molecular weight excluding hydrogens is 372 g/mol. The van der Waals surface area contributed by atoms with Crippen molar-refractivity contribution >= 4 is 35.0 Å². The molecule has 0 spiro atoms. The Labute approximate surface area is 170 Å². The first-order valence-corrected chi connectivity index (χ1v) is 10.3. The van der Waals surface area contributed by atoms with Gasteiger partial charge < -0.3 is 10.1 Å². The quantitative estimate of drug-likeness (QED) is 0.782. The highest BCUT2D eigenvalue weighted by atomic mass is 32.2. The highest BCUT2D eigenvalue weighted by Gasteiger charge is 2.34. The molecule has 148 valence electrons. The van der Waals surface area contributed by atoms with Crippen LogP contribution in [-0.2, 0) is 9.59 Å². The molecule has 6 heteroatoms. The van der Waals surface area contributed by atoms with Gasteiger partial charge in [-0.2, -0.15) is 0 Å². The molecule has 1 aliphatic rings. The molecule has 1 N–H and O–H groups in total. The van der Waals surface area contributed by atoms with Crippen molar-refractivity contribution in [2.24, 2.45) is 5.41 Å². The highest BCUT2D eigenvalue weighted by molar-refractivity contribution is 8.00. The number of hydrogen-bond acceptors (Lipinski definition) is 4. The third kappa shape index (κ3) is 4.87. The Kier molecular flexibility index (Phi) is 5.98. The van der Waals surface area contributed by atoms with E-state index in [0.717, 1.165) is 22.7 Å². The van der Waals surface area contributed by atoms with Crippen LogP contribution in [0.5, 0.6) is 5.75 Å². The average Bonchev–Trinajstić information content (AvgIpc) is 3.02. The van der Waals surface area contributed by atoms with Crippen LogP contribution < -0.4 is 15.0 Å². The van der Waals surface area contributed by atoms with Crippen molar-refractivity contribution in [2.75, 3.05) is 23.1 Å². The van der Waals surface area contributed by atoms with Crippen LogP contribution in [0.3, 0.4) is 0 Å². The second-order valence-corrected chi connectivity index (χ2v) is 9.10. The van der Waals surface area contributed by atoms with E-state index in [1.807, 2.05) is 74.2 Å². The minimum Gasteiger partial charge on any atom is -0.497 e. The number of thioether (sulfide) groups is 1. The van der Waals surface area contributed by atoms with Crippen molar-refractivity contribution in [3.8, 4) is 5.75 Å². The number of hydrogen-bond donors (Lipinski definition) is 1. The van der Waals surface area contributed by atoms with Gasteiger partial charge in [-0.15, -0.1) is 11.8 Å². The van der Waals surface area contributed by atoms with Gasteiger partial charge in [-0.1, -0.05) is 32.9 Å². The number of benzene rings is 2. The Balaban J connectivity index is 1.74. The van der Waals surface area contributed by atoms with Gasteiger partial charge in [0.1, 0.15) is 11.1 Å². The molecule has 5 nitrogen and oxygen atoms in total. The zero-order valence-electron chi connectivity index (χ0n) is 16.7. The predicted molar refractivity (Wildman–Crippen MR) is 115 cm³/mol. The first-order valence-electron chi connectivity index (χ1n) is 9.24. The van der Waals surface area contributed by atoms with E-state index in [4.69, 9.17) is 4.74 Å². The minimum absolute atomic E-state index is 0.00512. The summed E-state index contributed by atoms with van der Waals surface area (Å²) in [5.41, 5.74) is 2.59. The molecule has 1 atom stereocenters. The van der Waals surface area contributed by atoms with Gasteiger partial charge in [0.2, 0.25) is 11.8 Å². The SMILES string of the molecule is COc1ccc(N2C(=O)CSC2c2ccc(NC(=O)CC(C)(C)C)cc2)cc1. The lowest BCUT2D eigenvalue weighted by Crippen LogP contribution is -2.27. The minimum atomic E-state index is -0.0831. The summed E-state index contributed by atoms with van der Waals surface area (Å²) in [5, 5.41) is 2.86. The van der Waals surface area contributed by atoms with Crippen molar-refractivity contribution in [1.82, 2.24) is 0 Å². The molecule has 1 heterocycles. The summed E-state index contributed by atoms with van der Waals surface area (Å²) >= 11 is 1.60. The molecule has 1 unspecified atom stereocenters. The summed E-state index contributed by atoms with van der Waals surface area (Å²) in [7, 11) is 1.62. The zero-order chi connectivity index (χ0) is 20.3. The third-order valence-corrected chi connectivity index (χ3v) is 5.60. The molecule has 28 heavy (non-hydrogen) atoms. The Morgan fingerprint density at radius 1 is 1.14 bits per heavy atom. The second kappa shape index (κ2) is 8.27. The Bertz CT molecular complexity index is 842. The predicted octanol–water partition coefficient (Wildman–Crippen LogP) is 4.85. The molecular formula is C22H26N2O3S. The maximum absolute atomic E-state index is 12.5. The molecule has 0 saturated carbocycles. The van der Waals surface area contributed by atoms with E-state index in [9.17, 15) is 9.59 Å². The van der Waals surface area contributed by atoms with Crippen LogP contribution in [0.25, 0.3) is 0 Å². The fourth-order valence-electron chi connectivity index (χ4n) is 3.11. The first kappa shape index (κ1) is 20.3. The van der Waals surface area contributed by atoms with Gasteiger partial charge in [-0.05, 0) is 47.4 Å². The topological polar surface area (TPSA) is 58.6 Å². The lowest BCUT2D eigenvalue weighted by Gasteiger charge is -2.24. The Morgan fingerprint density at radius 2 is 1.79 bits per heavy atom. The van der Waals surface area contributed by atoms with Crippen molar-refractivity contribution in [1.29, 1.82) is 0 Å². The summed E-state index contributed by atoms with van der Waals surface area (Å²) < 4.78 is 5.20. The molecule has 1 aliphatic heterocycles. The van der Waals surface area contributed by atoms with Gasteiger partial charge in [0, 0.05) is 17.8 Å². The number of amides is 2. The van der Waals surface area contributed by atoms with Crippen LogP contribution in [0.1, 0.15) is 38.1 Å². The number of carbonyl (C=O) groups is 2. The maximum atomic E-state index is 12.5. The molecule has 2 amide bonds. The Hall–Kier alpha value is -2.47. The van der Waals surface area contributed by atoms with E-state index in [1.165, 1.54) is 0 Å². The number of rotatable bonds is 5. The zero-order valence-corrected chi connectivity index (χ0v) is 17.5. The van der Waals surface area contributed by atoms with Gasteiger partial charge in [0.05, 0.1) is 12.9 Å². The van der Waals surface area contributed by atoms with E-state index in [0.29, 0.717) is 12.2 Å². The molecule has 0 bridgehead atoms. The molecule has 2 aromatic carbocycles. The average molecular weight is 399 g/mol. The Morgan fingerprint density at radius 3 is 2.36 bits per heavy atom. The van der Waals surface area contributed by atoms with Gasteiger partial charge in [0.15, 0.2) is 0 Å². The third-order valence-electron chi connectivity index (χ3n) is 4.39. The summed E-state index contributed by atoms with van der Waals surface area (Å²) in [6.07, 6.45) is 0.465. The smallest absolute Gasteiger partial charge is 0.238 e. The lowest BCUT2D eigenvalue weighted by atomic mass is 9.92. The van der Waals surface area contributed by atoms with Crippen molar-refractivity contribution in [3.05, 3.63) is 54.1 Å². The fraction of sp³-hybridized carbons (Fsp3) is 0.364. The van der Waals surface area contributed by atoms with Crippen molar-refractivity contribution in [2.45, 2.75) is 32.6 Å². The van der Waals surface area contributed by atoms with E-state index in [1.54, 1.807) is 18.9 Å². The summed E-state index contributed by atoms with van der Waals surface area (Å²) in [4.78, 5) is 26.4. The van der Waals surface area contributed by atoms with E-state index in [2.05, 4.69) is 5.32 Å². The number of carbonyl (C=O) groups excluding carboxylic acids is 2. The van der Waals surface area contributed by atoms with Crippen LogP contribution in [-0.4, -0.2) is 24.7 Å². The number of anilines is 2. The maximum Gasteiger partial charge on any atom is 0.238 e. The molecule has 0 aliphatic carbocycles. The molecule has 1 fully saturated rings. The largest absolute Gasteiger partial charge is 0.497 e. The van der Waals surface area contributed by atoms with Crippen LogP contribution in [0, 0.1) is 5.41 Å². The lowest BCUT2D eigenvalue weighted by molar-refractivity contribution is -0.118. The van der Waals surface area contributed by atoms with E-state index < -0.39 is 0 Å². The molecule has 2 aromatic rings. The summed E-state index contributed by atoms with van der Waals surface area (Å²) in [6.45, 7) is 6.12. The van der Waals surface area contributed by atoms with Gasteiger partial charge in [-0.3, -0.25) is 14.5 Å². The number of nitrogens with zero attached hydrogens (tertiary/aromatic N) is 1. The molecule has 1 saturated heterocycles. The molecule has 3 rings (SSSR count). The van der Waals surface area contributed by atoms with Crippen LogP contribution >= 0.6 is 11.8 Å². The van der Waals surface area contributed by atoms with Crippen LogP contribution in [0.15, 0.2) is 48.5 Å². The van der Waals surface area contributed by atoms with E-state index in [-0.39, 0.29) is 22.6 Å². The molecule has 0 radical (unpaired) electrons. The van der Waals surface area contributed by atoms with Gasteiger partial charge >= 0.3 is 0 Å². The van der Waals surface area contributed by atoms with Crippen molar-refractivity contribution < 1.29 is 14.3 Å². The number of ether oxygens (including phenoxy) is 1. The highest BCUT2D eigenvalue weighted by Crippen LogP contribution is 2.42. The summed E-state index contributed by atoms with van der Waals surface area (Å²) in [6, 6.07) is 15.2. The second-order valence-electron chi connectivity index (χ2n) is 8.03. The van der Waals surface area contributed by atoms with Crippen LogP contribution in [0.2, 0.25) is 0 Å².